The predicted molar refractivity (Wildman–Crippen MR) is 57.2 cm³/mol. The summed E-state index contributed by atoms with van der Waals surface area (Å²) in [5.41, 5.74) is 0. The van der Waals surface area contributed by atoms with Crippen molar-refractivity contribution in [3.63, 3.8) is 0 Å². The van der Waals surface area contributed by atoms with Crippen LogP contribution < -0.4 is 0 Å². The molecule has 0 bridgehead atoms. The Kier molecular flexibility index (Phi) is 4.17. The number of imidazole rings is 2. The predicted octanol–water partition coefficient (Wildman–Crippen LogP) is 2.35. The summed E-state index contributed by atoms with van der Waals surface area (Å²) < 4.78 is 3.68. The average Bonchev–Trinajstić information content (AvgIpc) is 2.64. The Morgan fingerprint density at radius 2 is 2.23 bits per heavy atom. The number of aromatic amines is 1. The standard InChI is InChI=1S/C4H5BrN2.C3H3BrN2/c1-7-2-4(5)6-3-7;4-3-1-5-2-6-3/h2-3H,1H3;1-2H,(H,5,6). The first-order chi connectivity index (χ1) is 6.18. The van der Waals surface area contributed by atoms with Gasteiger partial charge in [0, 0.05) is 13.2 Å². The Labute approximate surface area is 92.7 Å². The molecule has 0 atom stereocenters. The summed E-state index contributed by atoms with van der Waals surface area (Å²) in [6.07, 6.45) is 6.94. The summed E-state index contributed by atoms with van der Waals surface area (Å²) in [6.45, 7) is 0. The number of nitrogens with one attached hydrogen (secondary N) is 1. The lowest BCUT2D eigenvalue weighted by atomic mass is 10.9. The van der Waals surface area contributed by atoms with Crippen LogP contribution in [0.25, 0.3) is 0 Å². The first kappa shape index (κ1) is 10.5. The molecule has 0 unspecified atom stereocenters. The van der Waals surface area contributed by atoms with Crippen LogP contribution in [0.4, 0.5) is 0 Å². The maximum atomic E-state index is 3.90. The van der Waals surface area contributed by atoms with E-state index in [4.69, 9.17) is 0 Å². The van der Waals surface area contributed by atoms with E-state index in [-0.39, 0.29) is 0 Å². The van der Waals surface area contributed by atoms with Gasteiger partial charge in [-0.05, 0) is 31.9 Å². The van der Waals surface area contributed by atoms with Gasteiger partial charge in [0.25, 0.3) is 0 Å². The Bertz CT molecular complexity index is 325. The van der Waals surface area contributed by atoms with Crippen molar-refractivity contribution in [1.82, 2.24) is 19.5 Å². The molecule has 2 rings (SSSR count). The van der Waals surface area contributed by atoms with Crippen molar-refractivity contribution >= 4 is 31.9 Å². The summed E-state index contributed by atoms with van der Waals surface area (Å²) in [6, 6.07) is 0. The molecule has 6 heteroatoms. The third-order valence-electron chi connectivity index (χ3n) is 1.14. The molecule has 0 amide bonds. The maximum absolute atomic E-state index is 3.90. The molecule has 1 N–H and O–H groups in total. The van der Waals surface area contributed by atoms with Crippen LogP contribution in [0.2, 0.25) is 0 Å². The Morgan fingerprint density at radius 1 is 1.46 bits per heavy atom. The number of rotatable bonds is 0. The number of hydrogen-bond donors (Lipinski definition) is 1. The first-order valence-corrected chi connectivity index (χ1v) is 5.04. The van der Waals surface area contributed by atoms with Crippen LogP contribution in [0.1, 0.15) is 0 Å². The van der Waals surface area contributed by atoms with E-state index in [2.05, 4.69) is 46.8 Å². The second kappa shape index (κ2) is 5.18. The highest BCUT2D eigenvalue weighted by molar-refractivity contribution is 9.10. The monoisotopic (exact) mass is 306 g/mol. The summed E-state index contributed by atoms with van der Waals surface area (Å²) in [5.74, 6) is 0. The summed E-state index contributed by atoms with van der Waals surface area (Å²) in [5, 5.41) is 0. The minimum atomic E-state index is 0.884. The summed E-state index contributed by atoms with van der Waals surface area (Å²) >= 11 is 6.36. The van der Waals surface area contributed by atoms with Crippen molar-refractivity contribution in [2.75, 3.05) is 0 Å². The molecule has 0 spiro atoms. The van der Waals surface area contributed by atoms with Crippen LogP contribution in [-0.4, -0.2) is 19.5 Å². The van der Waals surface area contributed by atoms with Crippen LogP contribution in [0.15, 0.2) is 34.3 Å². The van der Waals surface area contributed by atoms with E-state index in [0.717, 1.165) is 9.21 Å². The molecule has 70 valence electrons. The first-order valence-electron chi connectivity index (χ1n) is 3.46. The fourth-order valence-electron chi connectivity index (χ4n) is 0.620. The van der Waals surface area contributed by atoms with E-state index >= 15 is 0 Å². The highest BCUT2D eigenvalue weighted by atomic mass is 79.9. The van der Waals surface area contributed by atoms with Crippen molar-refractivity contribution in [3.05, 3.63) is 34.3 Å². The lowest BCUT2D eigenvalue weighted by molar-refractivity contribution is 0.913. The van der Waals surface area contributed by atoms with Gasteiger partial charge in [0.15, 0.2) is 0 Å². The molecular weight excluding hydrogens is 300 g/mol. The van der Waals surface area contributed by atoms with E-state index in [9.17, 15) is 0 Å². The topological polar surface area (TPSA) is 46.5 Å². The van der Waals surface area contributed by atoms with Gasteiger partial charge in [0.1, 0.15) is 9.21 Å². The van der Waals surface area contributed by atoms with Gasteiger partial charge in [0.2, 0.25) is 0 Å². The second-order valence-electron chi connectivity index (χ2n) is 2.26. The van der Waals surface area contributed by atoms with Crippen molar-refractivity contribution in [1.29, 1.82) is 0 Å². The molecule has 13 heavy (non-hydrogen) atoms. The van der Waals surface area contributed by atoms with Crippen molar-refractivity contribution in [2.24, 2.45) is 7.05 Å². The number of hydrogen-bond acceptors (Lipinski definition) is 2. The van der Waals surface area contributed by atoms with Gasteiger partial charge >= 0.3 is 0 Å². The van der Waals surface area contributed by atoms with E-state index in [0.29, 0.717) is 0 Å². The highest BCUT2D eigenvalue weighted by Gasteiger charge is 1.84. The third-order valence-corrected chi connectivity index (χ3v) is 1.98. The molecule has 0 radical (unpaired) electrons. The molecule has 2 aromatic heterocycles. The SMILES string of the molecule is Brc1cnc[nH]1.Cn1cnc(Br)c1. The van der Waals surface area contributed by atoms with Gasteiger partial charge in [-0.1, -0.05) is 0 Å². The molecule has 0 fully saturated rings. The van der Waals surface area contributed by atoms with Gasteiger partial charge < -0.3 is 9.55 Å². The second-order valence-corrected chi connectivity index (χ2v) is 3.93. The molecule has 0 aromatic carbocycles. The Balaban J connectivity index is 0.000000132. The Morgan fingerprint density at radius 3 is 2.38 bits per heavy atom. The van der Waals surface area contributed by atoms with E-state index in [1.165, 1.54) is 0 Å². The van der Waals surface area contributed by atoms with Crippen LogP contribution >= 0.6 is 31.9 Å². The molecule has 0 saturated carbocycles. The number of halogens is 2. The largest absolute Gasteiger partial charge is 0.339 e. The third kappa shape index (κ3) is 4.23. The molecule has 2 heterocycles. The fourth-order valence-corrected chi connectivity index (χ4v) is 1.25. The Hall–Kier alpha value is -0.620. The smallest absolute Gasteiger partial charge is 0.124 e. The van der Waals surface area contributed by atoms with E-state index < -0.39 is 0 Å². The molecular formula is C7H8Br2N4. The molecule has 2 aromatic rings. The average molecular weight is 308 g/mol. The number of aryl methyl sites for hydroxylation is 1. The van der Waals surface area contributed by atoms with Gasteiger partial charge in [0.05, 0.1) is 18.9 Å². The van der Waals surface area contributed by atoms with Crippen LogP contribution in [0, 0.1) is 0 Å². The van der Waals surface area contributed by atoms with E-state index in [1.807, 2.05) is 17.8 Å². The van der Waals surface area contributed by atoms with Gasteiger partial charge in [-0.3, -0.25) is 0 Å². The fraction of sp³-hybridized carbons (Fsp3) is 0.143. The zero-order chi connectivity index (χ0) is 9.68. The molecule has 0 aliphatic carbocycles. The minimum Gasteiger partial charge on any atom is -0.339 e. The molecule has 0 aliphatic heterocycles. The lowest BCUT2D eigenvalue weighted by Gasteiger charge is -1.77. The van der Waals surface area contributed by atoms with Crippen molar-refractivity contribution < 1.29 is 0 Å². The zero-order valence-corrected chi connectivity index (χ0v) is 10.1. The van der Waals surface area contributed by atoms with Crippen LogP contribution in [-0.2, 0) is 7.05 Å². The van der Waals surface area contributed by atoms with Crippen molar-refractivity contribution in [3.8, 4) is 0 Å². The van der Waals surface area contributed by atoms with Gasteiger partial charge in [-0.2, -0.15) is 0 Å². The van der Waals surface area contributed by atoms with E-state index in [1.54, 1.807) is 18.9 Å². The van der Waals surface area contributed by atoms with Crippen LogP contribution in [0.5, 0.6) is 0 Å². The number of aromatic nitrogens is 4. The highest BCUT2D eigenvalue weighted by Crippen LogP contribution is 2.01. The number of H-pyrrole nitrogens is 1. The van der Waals surface area contributed by atoms with Crippen LogP contribution in [0.3, 0.4) is 0 Å². The van der Waals surface area contributed by atoms with Gasteiger partial charge in [-0.15, -0.1) is 0 Å². The summed E-state index contributed by atoms with van der Waals surface area (Å²) in [4.78, 5) is 10.4. The zero-order valence-electron chi connectivity index (χ0n) is 6.91. The molecule has 0 saturated heterocycles. The number of nitrogens with zero attached hydrogens (tertiary/aromatic N) is 3. The molecule has 4 nitrogen and oxygen atoms in total. The van der Waals surface area contributed by atoms with Crippen molar-refractivity contribution in [2.45, 2.75) is 0 Å². The quantitative estimate of drug-likeness (QED) is 0.812. The van der Waals surface area contributed by atoms with Gasteiger partial charge in [-0.25, -0.2) is 9.97 Å². The normalized spacial score (nSPS) is 9.15. The minimum absolute atomic E-state index is 0.884. The maximum Gasteiger partial charge on any atom is 0.124 e. The lowest BCUT2D eigenvalue weighted by Crippen LogP contribution is -1.76. The summed E-state index contributed by atoms with van der Waals surface area (Å²) in [7, 11) is 1.93. The molecule has 0 aliphatic rings.